The number of nitrogens with zero attached hydrogens (tertiary/aromatic N) is 4. The van der Waals surface area contributed by atoms with Crippen LogP contribution in [0.15, 0.2) is 30.6 Å². The molecule has 12 heteroatoms. The maximum Gasteiger partial charge on any atom is 0.297 e. The fourth-order valence-electron chi connectivity index (χ4n) is 3.00. The Balaban J connectivity index is 1.69. The zero-order valence-electron chi connectivity index (χ0n) is 17.5. The smallest absolute Gasteiger partial charge is 0.297 e. The standard InChI is InChI=1S/C20H22N8O4/c1-3-32-28-20(30)16-14(9-15(25-26-16)24-19(29)11-7-8-11)23-13-6-4-5-12(17(13)31-2)18-21-10-22-27-18/h4-6,9-11H,3,7-8H2,1-2H3,(H,28,30)(H,21,22,27)(H2,23,24,25,29). The lowest BCUT2D eigenvalue weighted by atomic mass is 10.1. The summed E-state index contributed by atoms with van der Waals surface area (Å²) in [6.45, 7) is 2.02. The first-order valence-corrected chi connectivity index (χ1v) is 10.0. The molecule has 1 aliphatic rings. The summed E-state index contributed by atoms with van der Waals surface area (Å²) in [6.07, 6.45) is 3.10. The molecule has 0 radical (unpaired) electrons. The highest BCUT2D eigenvalue weighted by atomic mass is 16.6. The third kappa shape index (κ3) is 4.64. The van der Waals surface area contributed by atoms with E-state index in [0.717, 1.165) is 12.8 Å². The second kappa shape index (κ2) is 9.39. The monoisotopic (exact) mass is 438 g/mol. The number of hydrogen-bond donors (Lipinski definition) is 4. The van der Waals surface area contributed by atoms with Gasteiger partial charge in [-0.2, -0.15) is 5.10 Å². The van der Waals surface area contributed by atoms with E-state index in [1.807, 2.05) is 6.07 Å². The normalized spacial score (nSPS) is 12.8. The molecule has 0 saturated heterocycles. The number of nitrogens with one attached hydrogen (secondary N) is 4. The van der Waals surface area contributed by atoms with Crippen LogP contribution in [0.25, 0.3) is 11.4 Å². The van der Waals surface area contributed by atoms with Crippen molar-refractivity contribution in [3.05, 3.63) is 36.3 Å². The van der Waals surface area contributed by atoms with Gasteiger partial charge >= 0.3 is 0 Å². The Morgan fingerprint density at radius 2 is 2.06 bits per heavy atom. The minimum atomic E-state index is -0.590. The lowest BCUT2D eigenvalue weighted by Crippen LogP contribution is -2.26. The summed E-state index contributed by atoms with van der Waals surface area (Å²) < 4.78 is 5.59. The van der Waals surface area contributed by atoms with E-state index in [4.69, 9.17) is 9.57 Å². The van der Waals surface area contributed by atoms with E-state index in [0.29, 0.717) is 28.5 Å². The molecule has 4 rings (SSSR count). The Bertz CT molecular complexity index is 1110. The number of hydroxylamine groups is 1. The third-order valence-corrected chi connectivity index (χ3v) is 4.68. The van der Waals surface area contributed by atoms with Gasteiger partial charge in [-0.1, -0.05) is 6.07 Å². The van der Waals surface area contributed by atoms with Gasteiger partial charge in [-0.25, -0.2) is 10.5 Å². The fourth-order valence-corrected chi connectivity index (χ4v) is 3.00. The van der Waals surface area contributed by atoms with Crippen molar-refractivity contribution in [2.75, 3.05) is 24.4 Å². The SMILES string of the molecule is CCONC(=O)c1nnc(NC(=O)C2CC2)cc1Nc1cccc(-c2ncn[nH]2)c1OC. The number of hydrogen-bond acceptors (Lipinski definition) is 9. The highest BCUT2D eigenvalue weighted by molar-refractivity contribution is 5.99. The average molecular weight is 438 g/mol. The van der Waals surface area contributed by atoms with E-state index in [1.165, 1.54) is 19.5 Å². The molecular formula is C20H22N8O4. The van der Waals surface area contributed by atoms with Gasteiger partial charge in [-0.05, 0) is 31.9 Å². The summed E-state index contributed by atoms with van der Waals surface area (Å²) in [4.78, 5) is 33.9. The van der Waals surface area contributed by atoms with Crippen molar-refractivity contribution in [2.45, 2.75) is 19.8 Å². The molecule has 1 aliphatic carbocycles. The first kappa shape index (κ1) is 21.2. The Kier molecular flexibility index (Phi) is 6.22. The van der Waals surface area contributed by atoms with Crippen LogP contribution in [-0.4, -0.2) is 50.9 Å². The maximum atomic E-state index is 12.6. The van der Waals surface area contributed by atoms with Crippen LogP contribution >= 0.6 is 0 Å². The first-order valence-electron chi connectivity index (χ1n) is 10.0. The summed E-state index contributed by atoms with van der Waals surface area (Å²) in [5.41, 5.74) is 3.79. The van der Waals surface area contributed by atoms with E-state index in [2.05, 4.69) is 41.5 Å². The number of para-hydroxylation sites is 1. The lowest BCUT2D eigenvalue weighted by molar-refractivity contribution is -0.117. The predicted molar refractivity (Wildman–Crippen MR) is 114 cm³/mol. The van der Waals surface area contributed by atoms with Crippen molar-refractivity contribution in [2.24, 2.45) is 5.92 Å². The molecule has 1 saturated carbocycles. The van der Waals surface area contributed by atoms with Crippen LogP contribution in [0.2, 0.25) is 0 Å². The van der Waals surface area contributed by atoms with Gasteiger partial charge in [0, 0.05) is 12.0 Å². The maximum absolute atomic E-state index is 12.6. The van der Waals surface area contributed by atoms with Crippen LogP contribution in [0.3, 0.4) is 0 Å². The summed E-state index contributed by atoms with van der Waals surface area (Å²) in [7, 11) is 1.52. The van der Waals surface area contributed by atoms with Crippen molar-refractivity contribution in [3.8, 4) is 17.1 Å². The van der Waals surface area contributed by atoms with Gasteiger partial charge in [0.05, 0.1) is 30.7 Å². The van der Waals surface area contributed by atoms with E-state index < -0.39 is 5.91 Å². The van der Waals surface area contributed by atoms with Crippen molar-refractivity contribution < 1.29 is 19.2 Å². The van der Waals surface area contributed by atoms with Gasteiger partial charge in [0.25, 0.3) is 5.91 Å². The summed E-state index contributed by atoms with van der Waals surface area (Å²) in [6, 6.07) is 6.92. The molecule has 0 atom stereocenters. The highest BCUT2D eigenvalue weighted by Gasteiger charge is 2.30. The molecule has 166 valence electrons. The topological polar surface area (TPSA) is 156 Å². The van der Waals surface area contributed by atoms with Crippen LogP contribution in [0.1, 0.15) is 30.3 Å². The molecule has 2 aromatic heterocycles. The molecule has 1 aromatic carbocycles. The third-order valence-electron chi connectivity index (χ3n) is 4.68. The Morgan fingerprint density at radius 1 is 1.22 bits per heavy atom. The quantitative estimate of drug-likeness (QED) is 0.367. The van der Waals surface area contributed by atoms with E-state index in [9.17, 15) is 9.59 Å². The Labute approximate surface area is 183 Å². The zero-order valence-corrected chi connectivity index (χ0v) is 17.5. The minimum Gasteiger partial charge on any atom is -0.494 e. The van der Waals surface area contributed by atoms with E-state index >= 15 is 0 Å². The number of carbonyl (C=O) groups is 2. The van der Waals surface area contributed by atoms with Gasteiger partial charge in [-0.3, -0.25) is 19.5 Å². The van der Waals surface area contributed by atoms with Gasteiger partial charge in [-0.15, -0.1) is 10.2 Å². The molecule has 2 amide bonds. The summed E-state index contributed by atoms with van der Waals surface area (Å²) in [5.74, 6) is 0.496. The molecule has 32 heavy (non-hydrogen) atoms. The Hall–Kier alpha value is -4.06. The van der Waals surface area contributed by atoms with Crippen LogP contribution in [0, 0.1) is 5.92 Å². The van der Waals surface area contributed by atoms with Crippen LogP contribution in [0.5, 0.6) is 5.75 Å². The highest BCUT2D eigenvalue weighted by Crippen LogP contribution is 2.37. The van der Waals surface area contributed by atoms with Gasteiger partial charge < -0.3 is 15.4 Å². The van der Waals surface area contributed by atoms with Crippen molar-refractivity contribution in [1.82, 2.24) is 30.9 Å². The largest absolute Gasteiger partial charge is 0.494 e. The van der Waals surface area contributed by atoms with Crippen molar-refractivity contribution in [3.63, 3.8) is 0 Å². The molecule has 0 bridgehead atoms. The number of aromatic amines is 1. The number of aromatic nitrogens is 5. The molecule has 0 unspecified atom stereocenters. The van der Waals surface area contributed by atoms with E-state index in [1.54, 1.807) is 19.1 Å². The molecule has 0 spiro atoms. The zero-order chi connectivity index (χ0) is 22.5. The molecular weight excluding hydrogens is 416 g/mol. The van der Waals surface area contributed by atoms with E-state index in [-0.39, 0.29) is 29.9 Å². The average Bonchev–Trinajstić information content (AvgIpc) is 3.52. The number of anilines is 3. The van der Waals surface area contributed by atoms with Gasteiger partial charge in [0.1, 0.15) is 6.33 Å². The molecule has 2 heterocycles. The fraction of sp³-hybridized carbons (Fsp3) is 0.300. The second-order valence-corrected chi connectivity index (χ2v) is 6.97. The predicted octanol–water partition coefficient (Wildman–Crippen LogP) is 2.04. The Morgan fingerprint density at radius 3 is 2.75 bits per heavy atom. The number of H-pyrrole nitrogens is 1. The number of benzene rings is 1. The molecule has 4 N–H and O–H groups in total. The lowest BCUT2D eigenvalue weighted by Gasteiger charge is -2.16. The number of amides is 2. The molecule has 1 fully saturated rings. The van der Waals surface area contributed by atoms with Crippen LogP contribution in [-0.2, 0) is 9.63 Å². The summed E-state index contributed by atoms with van der Waals surface area (Å²) in [5, 5.41) is 20.5. The second-order valence-electron chi connectivity index (χ2n) is 6.97. The first-order chi connectivity index (χ1) is 15.6. The minimum absolute atomic E-state index is 0.00665. The van der Waals surface area contributed by atoms with Crippen molar-refractivity contribution >= 4 is 29.0 Å². The molecule has 0 aliphatic heterocycles. The summed E-state index contributed by atoms with van der Waals surface area (Å²) >= 11 is 0. The van der Waals surface area contributed by atoms with Crippen molar-refractivity contribution in [1.29, 1.82) is 0 Å². The van der Waals surface area contributed by atoms with Gasteiger partial charge in [0.2, 0.25) is 5.91 Å². The number of ether oxygens (including phenoxy) is 1. The molecule has 12 nitrogen and oxygen atoms in total. The van der Waals surface area contributed by atoms with Crippen LogP contribution < -0.4 is 20.9 Å². The molecule has 3 aromatic rings. The number of methoxy groups -OCH3 is 1. The number of carbonyl (C=O) groups excluding carboxylic acids is 2. The van der Waals surface area contributed by atoms with Crippen LogP contribution in [0.4, 0.5) is 17.2 Å². The number of rotatable bonds is 9. The van der Waals surface area contributed by atoms with Gasteiger partial charge in [0.15, 0.2) is 23.1 Å².